The molecule has 1 nitrogen and oxygen atoms in total. The second-order valence-electron chi connectivity index (χ2n) is 12.5. The molecule has 226 valence electrons. The minimum absolute atomic E-state index is 0.800. The number of furan rings is 1. The van der Waals surface area contributed by atoms with E-state index in [1.54, 1.807) is 0 Å². The summed E-state index contributed by atoms with van der Waals surface area (Å²) in [5, 5.41) is 9.47. The lowest BCUT2D eigenvalue weighted by Crippen LogP contribution is -2.30. The van der Waals surface area contributed by atoms with Crippen LogP contribution in [0, 0.1) is 0 Å². The molecule has 0 bridgehead atoms. The normalized spacial score (nSPS) is 16.0. The summed E-state index contributed by atoms with van der Waals surface area (Å²) in [7, 11) is 0. The Labute approximate surface area is 279 Å². The Balaban J connectivity index is 1.32. The van der Waals surface area contributed by atoms with Crippen molar-refractivity contribution in [1.29, 1.82) is 0 Å². The average Bonchev–Trinajstić information content (AvgIpc) is 3.52. The predicted molar refractivity (Wildman–Crippen MR) is 203 cm³/mol. The first-order chi connectivity index (χ1) is 23.7. The molecule has 48 heavy (non-hydrogen) atoms. The summed E-state index contributed by atoms with van der Waals surface area (Å²) < 4.78 is 6.41. The SMILES string of the molecule is C=C1/C=C\C=C/C/C(c2cccc(-c3cc4c5ccccc5oc4c4ccccc34)c2)=c2/ccccc2=C1c1ccc2ccccc2c1. The molecule has 1 heterocycles. The monoisotopic (exact) mass is 612 g/mol. The summed E-state index contributed by atoms with van der Waals surface area (Å²) in [5.41, 5.74) is 10.0. The number of fused-ring (bicyclic) bond motifs is 7. The van der Waals surface area contributed by atoms with Gasteiger partial charge in [-0.05, 0) is 96.3 Å². The van der Waals surface area contributed by atoms with Crippen molar-refractivity contribution in [1.82, 2.24) is 0 Å². The van der Waals surface area contributed by atoms with E-state index in [2.05, 4.69) is 170 Å². The molecule has 0 aliphatic heterocycles. The van der Waals surface area contributed by atoms with Gasteiger partial charge in [0.05, 0.1) is 0 Å². The zero-order valence-electron chi connectivity index (χ0n) is 26.5. The lowest BCUT2D eigenvalue weighted by Gasteiger charge is -2.15. The number of hydrogen-bond donors (Lipinski definition) is 0. The van der Waals surface area contributed by atoms with Gasteiger partial charge in [0.1, 0.15) is 11.2 Å². The Morgan fingerprint density at radius 3 is 2.12 bits per heavy atom. The first-order valence-corrected chi connectivity index (χ1v) is 16.5. The Morgan fingerprint density at radius 1 is 0.500 bits per heavy atom. The molecule has 0 atom stereocenters. The second-order valence-corrected chi connectivity index (χ2v) is 12.5. The van der Waals surface area contributed by atoms with Crippen LogP contribution in [-0.2, 0) is 0 Å². The lowest BCUT2D eigenvalue weighted by atomic mass is 9.89. The molecule has 0 N–H and O–H groups in total. The van der Waals surface area contributed by atoms with Crippen LogP contribution in [0.25, 0.3) is 65.8 Å². The summed E-state index contributed by atoms with van der Waals surface area (Å²) in [5.74, 6) is 0. The molecule has 7 aromatic carbocycles. The maximum atomic E-state index is 6.41. The number of rotatable bonds is 3. The quantitative estimate of drug-likeness (QED) is 0.193. The van der Waals surface area contributed by atoms with Crippen molar-refractivity contribution in [3.63, 3.8) is 0 Å². The van der Waals surface area contributed by atoms with Gasteiger partial charge in [-0.3, -0.25) is 0 Å². The molecule has 0 radical (unpaired) electrons. The van der Waals surface area contributed by atoms with Gasteiger partial charge in [-0.1, -0.05) is 152 Å². The Kier molecular flexibility index (Phi) is 6.76. The van der Waals surface area contributed by atoms with Gasteiger partial charge >= 0.3 is 0 Å². The smallest absolute Gasteiger partial charge is 0.143 e. The number of allylic oxidation sites excluding steroid dienone is 5. The average molecular weight is 613 g/mol. The van der Waals surface area contributed by atoms with Crippen LogP contribution in [0.4, 0.5) is 0 Å². The number of para-hydroxylation sites is 1. The van der Waals surface area contributed by atoms with Crippen molar-refractivity contribution < 1.29 is 4.42 Å². The van der Waals surface area contributed by atoms with Crippen molar-refractivity contribution in [3.05, 3.63) is 204 Å². The van der Waals surface area contributed by atoms with Gasteiger partial charge in [-0.15, -0.1) is 0 Å². The van der Waals surface area contributed by atoms with E-state index in [1.165, 1.54) is 54.4 Å². The van der Waals surface area contributed by atoms with Gasteiger partial charge < -0.3 is 4.42 Å². The second kappa shape index (κ2) is 11.6. The van der Waals surface area contributed by atoms with Crippen LogP contribution in [0.2, 0.25) is 0 Å². The van der Waals surface area contributed by atoms with Crippen LogP contribution in [0.1, 0.15) is 17.5 Å². The first-order valence-electron chi connectivity index (χ1n) is 16.5. The molecule has 1 aromatic heterocycles. The largest absolute Gasteiger partial charge is 0.455 e. The number of hydrogen-bond acceptors (Lipinski definition) is 1. The molecule has 8 aromatic rings. The Hall–Kier alpha value is -6.18. The van der Waals surface area contributed by atoms with E-state index in [1.807, 2.05) is 6.07 Å². The summed E-state index contributed by atoms with van der Waals surface area (Å²) >= 11 is 0. The van der Waals surface area contributed by atoms with Crippen molar-refractivity contribution in [3.8, 4) is 11.1 Å². The highest BCUT2D eigenvalue weighted by molar-refractivity contribution is 6.19. The Morgan fingerprint density at radius 2 is 1.23 bits per heavy atom. The van der Waals surface area contributed by atoms with Crippen molar-refractivity contribution in [2.75, 3.05) is 0 Å². The topological polar surface area (TPSA) is 13.1 Å². The van der Waals surface area contributed by atoms with E-state index in [-0.39, 0.29) is 0 Å². The van der Waals surface area contributed by atoms with Gasteiger partial charge in [0.25, 0.3) is 0 Å². The van der Waals surface area contributed by atoms with Gasteiger partial charge in [-0.25, -0.2) is 0 Å². The minimum atomic E-state index is 0.800. The molecule has 1 aliphatic rings. The van der Waals surface area contributed by atoms with Gasteiger partial charge in [0.15, 0.2) is 0 Å². The highest BCUT2D eigenvalue weighted by Gasteiger charge is 2.16. The van der Waals surface area contributed by atoms with E-state index in [9.17, 15) is 0 Å². The molecule has 0 fully saturated rings. The fourth-order valence-corrected chi connectivity index (χ4v) is 7.39. The third kappa shape index (κ3) is 4.71. The van der Waals surface area contributed by atoms with E-state index in [0.29, 0.717) is 0 Å². The van der Waals surface area contributed by atoms with Gasteiger partial charge in [0, 0.05) is 16.2 Å². The summed E-state index contributed by atoms with van der Waals surface area (Å²) in [6, 6.07) is 52.4. The zero-order chi connectivity index (χ0) is 32.0. The summed E-state index contributed by atoms with van der Waals surface area (Å²) in [6.45, 7) is 4.57. The molecular weight excluding hydrogens is 581 g/mol. The maximum absolute atomic E-state index is 6.41. The fourth-order valence-electron chi connectivity index (χ4n) is 7.39. The van der Waals surface area contributed by atoms with Crippen LogP contribution in [0.3, 0.4) is 0 Å². The molecule has 0 amide bonds. The van der Waals surface area contributed by atoms with E-state index in [0.717, 1.165) is 44.9 Å². The summed E-state index contributed by atoms with van der Waals surface area (Å²) in [6.07, 6.45) is 9.44. The van der Waals surface area contributed by atoms with Crippen LogP contribution in [0.15, 0.2) is 186 Å². The maximum Gasteiger partial charge on any atom is 0.143 e. The van der Waals surface area contributed by atoms with E-state index < -0.39 is 0 Å². The summed E-state index contributed by atoms with van der Waals surface area (Å²) in [4.78, 5) is 0. The lowest BCUT2D eigenvalue weighted by molar-refractivity contribution is 0.672. The van der Waals surface area contributed by atoms with E-state index >= 15 is 0 Å². The zero-order valence-corrected chi connectivity index (χ0v) is 26.5. The predicted octanol–water partition coefficient (Wildman–Crippen LogP) is 11.0. The number of benzene rings is 7. The third-order valence-electron chi connectivity index (χ3n) is 9.65. The standard InChI is InChI=1S/C47H32O/c1-31-14-3-2-4-19-37(38-20-7-9-23-41(38)46(31)36-27-26-32-15-5-6-16-33(32)28-36)34-17-13-18-35(29-34)43-30-44-40-22-11-12-25-45(40)48-47(44)42-24-10-8-21-39(42)43/h2-18,20-30H,1,19H2/b4-2-,14-3-,38-37+,46-41?. The Bertz CT molecular complexity index is 2770. The molecule has 9 rings (SSSR count). The third-order valence-corrected chi connectivity index (χ3v) is 9.65. The van der Waals surface area contributed by atoms with Crippen LogP contribution >= 0.6 is 0 Å². The van der Waals surface area contributed by atoms with Crippen molar-refractivity contribution in [2.45, 2.75) is 6.42 Å². The minimum Gasteiger partial charge on any atom is -0.455 e. The van der Waals surface area contributed by atoms with Crippen molar-refractivity contribution >= 4 is 54.6 Å². The highest BCUT2D eigenvalue weighted by Crippen LogP contribution is 2.40. The molecule has 1 heteroatoms. The molecular formula is C47H32O. The van der Waals surface area contributed by atoms with Crippen LogP contribution in [0.5, 0.6) is 0 Å². The molecule has 0 spiro atoms. The van der Waals surface area contributed by atoms with Crippen LogP contribution < -0.4 is 10.4 Å². The van der Waals surface area contributed by atoms with E-state index in [4.69, 9.17) is 4.42 Å². The van der Waals surface area contributed by atoms with Crippen molar-refractivity contribution in [2.24, 2.45) is 0 Å². The molecule has 0 saturated heterocycles. The molecule has 0 unspecified atom stereocenters. The molecule has 0 saturated carbocycles. The van der Waals surface area contributed by atoms with Gasteiger partial charge in [0.2, 0.25) is 0 Å². The highest BCUT2D eigenvalue weighted by atomic mass is 16.3. The first kappa shape index (κ1) is 28.1. The fraction of sp³-hybridized carbons (Fsp3) is 0.0213. The van der Waals surface area contributed by atoms with Gasteiger partial charge in [-0.2, -0.15) is 0 Å². The molecule has 1 aliphatic carbocycles. The van der Waals surface area contributed by atoms with Crippen LogP contribution in [-0.4, -0.2) is 0 Å².